The zero-order chi connectivity index (χ0) is 15.8. The van der Waals surface area contributed by atoms with Crippen molar-refractivity contribution < 1.29 is 4.79 Å². The fourth-order valence-corrected chi connectivity index (χ4v) is 2.68. The first-order chi connectivity index (χ1) is 10.2. The summed E-state index contributed by atoms with van der Waals surface area (Å²) < 4.78 is 0. The van der Waals surface area contributed by atoms with Gasteiger partial charge in [-0.15, -0.1) is 0 Å². The number of hydrogen-bond acceptors (Lipinski definition) is 1. The molecule has 0 fully saturated rings. The lowest BCUT2D eigenvalue weighted by atomic mass is 10.0. The number of unbranched alkanes of at least 4 members (excludes halogenated alkanes) is 10. The Bertz CT molecular complexity index is 265. The van der Waals surface area contributed by atoms with Gasteiger partial charge < -0.3 is 4.79 Å². The number of carbonyl (C=O) groups is 1. The van der Waals surface area contributed by atoms with Gasteiger partial charge in [0.15, 0.2) is 0 Å². The Hall–Kier alpha value is -0.590. The highest BCUT2D eigenvalue weighted by atomic mass is 16.1. The van der Waals surface area contributed by atoms with Crippen LogP contribution < -0.4 is 0 Å². The molecule has 0 rings (SSSR count). The van der Waals surface area contributed by atoms with Crippen LogP contribution >= 0.6 is 0 Å². The second-order valence-corrected chi connectivity index (χ2v) is 6.58. The van der Waals surface area contributed by atoms with Crippen molar-refractivity contribution in [1.82, 2.24) is 0 Å². The smallest absolute Gasteiger partial charge is 0.129 e. The first-order valence-corrected chi connectivity index (χ1v) is 9.32. The largest absolute Gasteiger partial charge is 0.300 e. The Morgan fingerprint density at radius 2 is 1.24 bits per heavy atom. The van der Waals surface area contributed by atoms with Crippen LogP contribution in [0.4, 0.5) is 0 Å². The predicted molar refractivity (Wildman–Crippen MR) is 94.8 cm³/mol. The normalized spacial score (nSPS) is 11.9. The van der Waals surface area contributed by atoms with Crippen LogP contribution in [0.1, 0.15) is 111 Å². The van der Waals surface area contributed by atoms with E-state index in [1.165, 1.54) is 77.0 Å². The number of hydrogen-bond donors (Lipinski definition) is 0. The molecule has 21 heavy (non-hydrogen) atoms. The maximum atomic E-state index is 10.8. The summed E-state index contributed by atoms with van der Waals surface area (Å²) in [5, 5.41) is 0. The summed E-state index contributed by atoms with van der Waals surface area (Å²) in [5.41, 5.74) is 1.58. The molecule has 0 aromatic heterocycles. The van der Waals surface area contributed by atoms with E-state index in [1.807, 2.05) is 0 Å². The lowest BCUT2D eigenvalue weighted by Gasteiger charge is -2.03. The Labute approximate surface area is 133 Å². The van der Waals surface area contributed by atoms with E-state index >= 15 is 0 Å². The van der Waals surface area contributed by atoms with Crippen molar-refractivity contribution in [1.29, 1.82) is 0 Å². The zero-order valence-corrected chi connectivity index (χ0v) is 14.9. The molecule has 0 atom stereocenters. The fraction of sp³-hybridized carbons (Fsp3) is 0.850. The topological polar surface area (TPSA) is 17.1 Å². The van der Waals surface area contributed by atoms with Gasteiger partial charge >= 0.3 is 0 Å². The molecule has 0 radical (unpaired) electrons. The van der Waals surface area contributed by atoms with Gasteiger partial charge in [0.1, 0.15) is 5.78 Å². The minimum atomic E-state index is 0.337. The Balaban J connectivity index is 3.30. The fourth-order valence-electron chi connectivity index (χ4n) is 2.68. The highest BCUT2D eigenvalue weighted by Crippen LogP contribution is 2.14. The van der Waals surface area contributed by atoms with E-state index in [0.717, 1.165) is 12.8 Å². The van der Waals surface area contributed by atoms with E-state index in [1.54, 1.807) is 12.5 Å². The van der Waals surface area contributed by atoms with E-state index in [0.29, 0.717) is 5.78 Å². The Morgan fingerprint density at radius 1 is 0.714 bits per heavy atom. The van der Waals surface area contributed by atoms with Crippen LogP contribution in [-0.2, 0) is 4.79 Å². The zero-order valence-electron chi connectivity index (χ0n) is 14.9. The lowest BCUT2D eigenvalue weighted by Crippen LogP contribution is -1.89. The predicted octanol–water partition coefficient (Wildman–Crippen LogP) is 7.00. The van der Waals surface area contributed by atoms with Crippen LogP contribution in [-0.4, -0.2) is 5.78 Å². The van der Waals surface area contributed by atoms with Gasteiger partial charge in [-0.05, 0) is 46.0 Å². The molecule has 0 amide bonds. The molecule has 0 heterocycles. The molecular weight excluding hydrogens is 256 g/mol. The summed E-state index contributed by atoms with van der Waals surface area (Å²) in [6, 6.07) is 0. The summed E-state index contributed by atoms with van der Waals surface area (Å²) >= 11 is 0. The molecular formula is C20H38O. The van der Waals surface area contributed by atoms with E-state index in [-0.39, 0.29) is 0 Å². The highest BCUT2D eigenvalue weighted by Gasteiger charge is 1.96. The summed E-state index contributed by atoms with van der Waals surface area (Å²) in [6.07, 6.45) is 20.4. The molecule has 0 aliphatic carbocycles. The van der Waals surface area contributed by atoms with Gasteiger partial charge in [-0.25, -0.2) is 0 Å². The summed E-state index contributed by atoms with van der Waals surface area (Å²) in [6.45, 7) is 6.25. The van der Waals surface area contributed by atoms with Gasteiger partial charge in [-0.1, -0.05) is 69.9 Å². The molecule has 0 unspecified atom stereocenters. The number of allylic oxidation sites excluding steroid dienone is 2. The van der Waals surface area contributed by atoms with Gasteiger partial charge in [0, 0.05) is 6.42 Å². The molecule has 0 N–H and O–H groups in total. The molecule has 0 saturated heterocycles. The molecule has 0 aliphatic heterocycles. The van der Waals surface area contributed by atoms with Crippen molar-refractivity contribution in [2.75, 3.05) is 0 Å². The average Bonchev–Trinajstić information content (AvgIpc) is 2.45. The van der Waals surface area contributed by atoms with E-state index in [9.17, 15) is 4.79 Å². The minimum Gasteiger partial charge on any atom is -0.300 e. The third-order valence-electron chi connectivity index (χ3n) is 4.15. The van der Waals surface area contributed by atoms with Crippen molar-refractivity contribution in [2.45, 2.75) is 111 Å². The second-order valence-electron chi connectivity index (χ2n) is 6.58. The molecule has 0 aromatic rings. The van der Waals surface area contributed by atoms with Crippen molar-refractivity contribution in [2.24, 2.45) is 0 Å². The number of rotatable bonds is 15. The second kappa shape index (κ2) is 15.8. The summed E-state index contributed by atoms with van der Waals surface area (Å²) in [7, 11) is 0. The molecule has 0 bridgehead atoms. The standard InChI is InChI=1S/C20H38O/c1-4-5-6-7-8-10-13-16-19(2)17-14-11-9-12-15-18-20(3)21/h16H,4-15,17-18H2,1-3H3. The Kier molecular flexibility index (Phi) is 15.3. The van der Waals surface area contributed by atoms with Crippen LogP contribution in [0, 0.1) is 0 Å². The van der Waals surface area contributed by atoms with Crippen molar-refractivity contribution in [3.63, 3.8) is 0 Å². The maximum absolute atomic E-state index is 10.8. The van der Waals surface area contributed by atoms with Crippen molar-refractivity contribution in [3.8, 4) is 0 Å². The number of Topliss-reactive ketones (excluding diaryl/α,β-unsaturated/α-hetero) is 1. The molecule has 1 heteroatoms. The number of ketones is 1. The third-order valence-corrected chi connectivity index (χ3v) is 4.15. The van der Waals surface area contributed by atoms with E-state index in [4.69, 9.17) is 0 Å². The van der Waals surface area contributed by atoms with Crippen LogP contribution in [0.3, 0.4) is 0 Å². The highest BCUT2D eigenvalue weighted by molar-refractivity contribution is 5.75. The number of carbonyl (C=O) groups excluding carboxylic acids is 1. The minimum absolute atomic E-state index is 0.337. The first kappa shape index (κ1) is 20.4. The van der Waals surface area contributed by atoms with E-state index in [2.05, 4.69) is 19.9 Å². The molecule has 0 saturated carbocycles. The van der Waals surface area contributed by atoms with Crippen LogP contribution in [0.25, 0.3) is 0 Å². The van der Waals surface area contributed by atoms with E-state index < -0.39 is 0 Å². The average molecular weight is 295 g/mol. The summed E-state index contributed by atoms with van der Waals surface area (Å²) in [5.74, 6) is 0.337. The maximum Gasteiger partial charge on any atom is 0.129 e. The van der Waals surface area contributed by atoms with Gasteiger partial charge in [0.2, 0.25) is 0 Å². The van der Waals surface area contributed by atoms with Gasteiger partial charge in [0.25, 0.3) is 0 Å². The molecule has 0 aromatic carbocycles. The first-order valence-electron chi connectivity index (χ1n) is 9.32. The monoisotopic (exact) mass is 294 g/mol. The van der Waals surface area contributed by atoms with Crippen molar-refractivity contribution >= 4 is 5.78 Å². The van der Waals surface area contributed by atoms with Gasteiger partial charge in [0.05, 0.1) is 0 Å². The molecule has 1 nitrogen and oxygen atoms in total. The van der Waals surface area contributed by atoms with Gasteiger partial charge in [-0.2, -0.15) is 0 Å². The lowest BCUT2D eigenvalue weighted by molar-refractivity contribution is -0.117. The summed E-state index contributed by atoms with van der Waals surface area (Å²) in [4.78, 5) is 10.8. The van der Waals surface area contributed by atoms with Crippen LogP contribution in [0.5, 0.6) is 0 Å². The quantitative estimate of drug-likeness (QED) is 0.235. The molecule has 0 spiro atoms. The third kappa shape index (κ3) is 17.4. The van der Waals surface area contributed by atoms with Crippen LogP contribution in [0.2, 0.25) is 0 Å². The molecule has 124 valence electrons. The Morgan fingerprint density at radius 3 is 1.86 bits per heavy atom. The van der Waals surface area contributed by atoms with Gasteiger partial charge in [-0.3, -0.25) is 0 Å². The van der Waals surface area contributed by atoms with Crippen LogP contribution in [0.15, 0.2) is 11.6 Å². The molecule has 0 aliphatic rings. The SMILES string of the molecule is CCCCCCCCC=C(C)CCCCCCCC(C)=O. The van der Waals surface area contributed by atoms with Crippen molar-refractivity contribution in [3.05, 3.63) is 11.6 Å².